The van der Waals surface area contributed by atoms with Crippen LogP contribution in [-0.4, -0.2) is 41.0 Å². The van der Waals surface area contributed by atoms with E-state index in [1.165, 1.54) is 15.5 Å². The van der Waals surface area contributed by atoms with Crippen molar-refractivity contribution < 1.29 is 9.13 Å². The fourth-order valence-corrected chi connectivity index (χ4v) is 3.65. The first-order valence-electron chi connectivity index (χ1n) is 9.02. The third kappa shape index (κ3) is 2.50. The molecule has 0 fully saturated rings. The molecule has 0 atom stereocenters. The van der Waals surface area contributed by atoms with Crippen LogP contribution < -0.4 is 10.4 Å². The lowest BCUT2D eigenvalue weighted by molar-refractivity contribution is 0.417. The maximum Gasteiger partial charge on any atom is 0.334 e. The van der Waals surface area contributed by atoms with Gasteiger partial charge in [0, 0.05) is 42.9 Å². The van der Waals surface area contributed by atoms with Crippen LogP contribution in [0.3, 0.4) is 0 Å². The van der Waals surface area contributed by atoms with Crippen LogP contribution in [0.2, 0.25) is 0 Å². The van der Waals surface area contributed by atoms with Gasteiger partial charge in [0.2, 0.25) is 0 Å². The minimum atomic E-state index is -0.696. The highest BCUT2D eigenvalue weighted by atomic mass is 19.1. The molecule has 0 saturated heterocycles. The van der Waals surface area contributed by atoms with Crippen molar-refractivity contribution >= 4 is 21.9 Å². The molecule has 0 radical (unpaired) electrons. The van der Waals surface area contributed by atoms with Gasteiger partial charge >= 0.3 is 5.69 Å². The Hall–Kier alpha value is -4.08. The Kier molecular flexibility index (Phi) is 3.88. The Morgan fingerprint density at radius 2 is 1.93 bits per heavy atom. The van der Waals surface area contributed by atoms with Crippen molar-refractivity contribution in [1.82, 2.24) is 33.9 Å². The summed E-state index contributed by atoms with van der Waals surface area (Å²) < 4.78 is 24.4. The van der Waals surface area contributed by atoms with E-state index in [0.717, 1.165) is 17.3 Å². The van der Waals surface area contributed by atoms with Gasteiger partial charge in [0.1, 0.15) is 12.1 Å². The number of aryl methyl sites for hydroxylation is 2. The molecular formula is C20H16FN7O2. The Morgan fingerprint density at radius 1 is 1.10 bits per heavy atom. The van der Waals surface area contributed by atoms with Crippen molar-refractivity contribution in [2.75, 3.05) is 7.11 Å². The van der Waals surface area contributed by atoms with Crippen molar-refractivity contribution in [2.45, 2.75) is 0 Å². The largest absolute Gasteiger partial charge is 0.496 e. The van der Waals surface area contributed by atoms with Crippen molar-refractivity contribution in [3.05, 3.63) is 59.5 Å². The first kappa shape index (κ1) is 18.0. The summed E-state index contributed by atoms with van der Waals surface area (Å²) in [6.45, 7) is 0. The number of rotatable bonds is 3. The minimum Gasteiger partial charge on any atom is -0.496 e. The summed E-state index contributed by atoms with van der Waals surface area (Å²) in [4.78, 5) is 25.2. The van der Waals surface area contributed by atoms with Gasteiger partial charge in [-0.25, -0.2) is 23.7 Å². The fourth-order valence-electron chi connectivity index (χ4n) is 3.65. The van der Waals surface area contributed by atoms with Crippen molar-refractivity contribution in [1.29, 1.82) is 0 Å². The predicted molar refractivity (Wildman–Crippen MR) is 108 cm³/mol. The van der Waals surface area contributed by atoms with Crippen molar-refractivity contribution in [3.8, 4) is 22.7 Å². The molecule has 0 aliphatic carbocycles. The molecule has 9 nitrogen and oxygen atoms in total. The molecule has 0 amide bonds. The van der Waals surface area contributed by atoms with Crippen molar-refractivity contribution in [3.63, 3.8) is 0 Å². The predicted octanol–water partition coefficient (Wildman–Crippen LogP) is 2.22. The van der Waals surface area contributed by atoms with E-state index >= 15 is 0 Å². The highest BCUT2D eigenvalue weighted by Crippen LogP contribution is 2.36. The molecule has 150 valence electrons. The average Bonchev–Trinajstić information content (AvgIpc) is 3.29. The van der Waals surface area contributed by atoms with Crippen LogP contribution in [-0.2, 0) is 14.1 Å². The second-order valence-corrected chi connectivity index (χ2v) is 6.84. The quantitative estimate of drug-likeness (QED) is 0.457. The average molecular weight is 405 g/mol. The number of hydrogen-bond donors (Lipinski definition) is 0. The van der Waals surface area contributed by atoms with Crippen LogP contribution in [0.4, 0.5) is 4.39 Å². The molecule has 0 bridgehead atoms. The SMILES string of the molecule is COc1cc2ncc3c(c2cc1-c1cnn(C)c1)n(-c1ncncc1F)c(=O)n3C. The van der Waals surface area contributed by atoms with E-state index in [4.69, 9.17) is 4.74 Å². The van der Waals surface area contributed by atoms with E-state index < -0.39 is 11.5 Å². The number of ether oxygens (including phenoxy) is 1. The van der Waals surface area contributed by atoms with Gasteiger partial charge in [-0.1, -0.05) is 0 Å². The van der Waals surface area contributed by atoms with Gasteiger partial charge in [0.15, 0.2) is 11.6 Å². The van der Waals surface area contributed by atoms with Gasteiger partial charge in [-0.15, -0.1) is 0 Å². The number of halogens is 1. The molecule has 4 aromatic heterocycles. The molecule has 5 aromatic rings. The number of aromatic nitrogens is 7. The van der Waals surface area contributed by atoms with Crippen LogP contribution in [0.25, 0.3) is 38.9 Å². The van der Waals surface area contributed by atoms with Crippen molar-refractivity contribution in [2.24, 2.45) is 14.1 Å². The second-order valence-electron chi connectivity index (χ2n) is 6.84. The lowest BCUT2D eigenvalue weighted by atomic mass is 10.0. The fraction of sp³-hybridized carbons (Fsp3) is 0.150. The van der Waals surface area contributed by atoms with Gasteiger partial charge in [-0.05, 0) is 6.07 Å². The zero-order valence-corrected chi connectivity index (χ0v) is 16.4. The smallest absolute Gasteiger partial charge is 0.334 e. The maximum absolute atomic E-state index is 14.5. The molecule has 4 heterocycles. The number of imidazole rings is 1. The molecule has 1 aromatic carbocycles. The summed E-state index contributed by atoms with van der Waals surface area (Å²) in [5.41, 5.74) is 2.83. The first-order chi connectivity index (χ1) is 14.5. The maximum atomic E-state index is 14.5. The molecule has 0 N–H and O–H groups in total. The van der Waals surface area contributed by atoms with Crippen LogP contribution >= 0.6 is 0 Å². The molecule has 0 aliphatic heterocycles. The summed E-state index contributed by atoms with van der Waals surface area (Å²) in [6.07, 6.45) is 7.40. The minimum absolute atomic E-state index is 0.119. The summed E-state index contributed by atoms with van der Waals surface area (Å²) in [7, 11) is 5.01. The van der Waals surface area contributed by atoms with Gasteiger partial charge in [-0.2, -0.15) is 5.10 Å². The topological polar surface area (TPSA) is 92.7 Å². The highest BCUT2D eigenvalue weighted by Gasteiger charge is 2.21. The normalized spacial score (nSPS) is 11.5. The summed E-state index contributed by atoms with van der Waals surface area (Å²) in [5, 5.41) is 4.88. The third-order valence-corrected chi connectivity index (χ3v) is 5.08. The molecule has 0 unspecified atom stereocenters. The number of benzene rings is 1. The Bertz CT molecular complexity index is 1500. The first-order valence-corrected chi connectivity index (χ1v) is 9.02. The molecule has 10 heteroatoms. The molecule has 0 saturated carbocycles. The highest BCUT2D eigenvalue weighted by molar-refractivity contribution is 6.05. The number of hydrogen-bond acceptors (Lipinski definition) is 6. The van der Waals surface area contributed by atoms with Gasteiger partial charge in [0.25, 0.3) is 0 Å². The summed E-state index contributed by atoms with van der Waals surface area (Å²) in [5.74, 6) is -0.203. The molecule has 5 rings (SSSR count). The third-order valence-electron chi connectivity index (χ3n) is 5.08. The molecular weight excluding hydrogens is 389 g/mol. The number of fused-ring (bicyclic) bond motifs is 3. The molecule has 0 aliphatic rings. The monoisotopic (exact) mass is 405 g/mol. The van der Waals surface area contributed by atoms with E-state index in [1.807, 2.05) is 19.3 Å². The Labute approximate surface area is 169 Å². The Balaban J connectivity index is 1.95. The van der Waals surface area contributed by atoms with E-state index in [1.54, 1.807) is 37.3 Å². The van der Waals surface area contributed by atoms with Gasteiger partial charge < -0.3 is 4.74 Å². The summed E-state index contributed by atoms with van der Waals surface area (Å²) in [6, 6.07) is 3.66. The standard InChI is InChI=1S/C20H16FN7O2/c1-26-9-11(6-25-26)12-4-13-15(5-17(12)30-3)23-8-16-18(13)28(20(29)27(16)2)19-14(21)7-22-10-24-19/h4-10H,1-3H3. The van der Waals surface area contributed by atoms with Crippen LogP contribution in [0.5, 0.6) is 5.75 Å². The second kappa shape index (κ2) is 6.48. The van der Waals surface area contributed by atoms with Gasteiger partial charge in [-0.3, -0.25) is 14.2 Å². The van der Waals surface area contributed by atoms with E-state index in [0.29, 0.717) is 27.7 Å². The van der Waals surface area contributed by atoms with Crippen LogP contribution in [0.1, 0.15) is 0 Å². The van der Waals surface area contributed by atoms with Crippen LogP contribution in [0, 0.1) is 5.82 Å². The lowest BCUT2D eigenvalue weighted by Crippen LogP contribution is -2.22. The van der Waals surface area contributed by atoms with E-state index in [2.05, 4.69) is 20.1 Å². The number of pyridine rings is 1. The van der Waals surface area contributed by atoms with Gasteiger partial charge in [0.05, 0.1) is 42.3 Å². The van der Waals surface area contributed by atoms with E-state index in [9.17, 15) is 9.18 Å². The van der Waals surface area contributed by atoms with Crippen LogP contribution in [0.15, 0.2) is 48.0 Å². The summed E-state index contributed by atoms with van der Waals surface area (Å²) >= 11 is 0. The number of methoxy groups -OCH3 is 1. The zero-order chi connectivity index (χ0) is 21.0. The number of nitrogens with zero attached hydrogens (tertiary/aromatic N) is 7. The lowest BCUT2D eigenvalue weighted by Gasteiger charge is -2.11. The zero-order valence-electron chi connectivity index (χ0n) is 16.4. The molecule has 0 spiro atoms. The Morgan fingerprint density at radius 3 is 2.63 bits per heavy atom. The van der Waals surface area contributed by atoms with E-state index in [-0.39, 0.29) is 5.82 Å². The molecule has 30 heavy (non-hydrogen) atoms.